The van der Waals surface area contributed by atoms with Crippen LogP contribution in [0.4, 0.5) is 0 Å². The molecule has 1 atom stereocenters. The fourth-order valence-corrected chi connectivity index (χ4v) is 4.03. The zero-order valence-corrected chi connectivity index (χ0v) is 18.5. The highest BCUT2D eigenvalue weighted by molar-refractivity contribution is 6.30. The van der Waals surface area contributed by atoms with Crippen molar-refractivity contribution in [3.05, 3.63) is 70.4 Å². The number of fused-ring (bicyclic) bond motifs is 1. The topological polar surface area (TPSA) is 67.5 Å². The molecule has 0 saturated heterocycles. The van der Waals surface area contributed by atoms with Crippen LogP contribution in [-0.2, 0) is 4.74 Å². The van der Waals surface area contributed by atoms with E-state index in [1.165, 1.54) is 0 Å². The van der Waals surface area contributed by atoms with Crippen LogP contribution in [0.25, 0.3) is 11.3 Å². The molecule has 1 N–H and O–H groups in total. The summed E-state index contributed by atoms with van der Waals surface area (Å²) in [5.74, 6) is 0.720. The van der Waals surface area contributed by atoms with E-state index in [4.69, 9.17) is 21.1 Å². The highest BCUT2D eigenvalue weighted by atomic mass is 35.5. The molecule has 4 rings (SSSR count). The third-order valence-electron chi connectivity index (χ3n) is 5.46. The Labute approximate surface area is 187 Å². The first-order valence-electron chi connectivity index (χ1n) is 10.5. The molecule has 6 nitrogen and oxygen atoms in total. The number of nitrogens with zero attached hydrogens (tertiary/aromatic N) is 2. The molecule has 1 aromatic heterocycles. The van der Waals surface area contributed by atoms with Gasteiger partial charge < -0.3 is 14.4 Å². The molecule has 0 saturated carbocycles. The fourth-order valence-electron chi connectivity index (χ4n) is 3.90. The maximum absolute atomic E-state index is 13.2. The van der Waals surface area contributed by atoms with Gasteiger partial charge in [0.1, 0.15) is 11.4 Å². The lowest BCUT2D eigenvalue weighted by Crippen LogP contribution is -2.32. The van der Waals surface area contributed by atoms with Crippen molar-refractivity contribution in [1.82, 2.24) is 15.1 Å². The number of hydrogen-bond donors (Lipinski definition) is 1. The molecule has 162 valence electrons. The van der Waals surface area contributed by atoms with Crippen LogP contribution in [0.1, 0.15) is 47.4 Å². The van der Waals surface area contributed by atoms with Crippen molar-refractivity contribution in [2.45, 2.75) is 25.8 Å². The van der Waals surface area contributed by atoms with E-state index >= 15 is 0 Å². The highest BCUT2D eigenvalue weighted by Crippen LogP contribution is 2.43. The van der Waals surface area contributed by atoms with Gasteiger partial charge in [-0.25, -0.2) is 0 Å². The first kappa shape index (κ1) is 21.4. The lowest BCUT2D eigenvalue weighted by molar-refractivity contribution is 0.0677. The number of halogens is 1. The van der Waals surface area contributed by atoms with Crippen LogP contribution in [0.5, 0.6) is 5.75 Å². The minimum atomic E-state index is -0.281. The molecule has 31 heavy (non-hydrogen) atoms. The molecule has 1 aliphatic rings. The Morgan fingerprint density at radius 2 is 1.97 bits per heavy atom. The summed E-state index contributed by atoms with van der Waals surface area (Å²) in [4.78, 5) is 15.1. The van der Waals surface area contributed by atoms with Gasteiger partial charge in [0.15, 0.2) is 0 Å². The molecular weight excluding hydrogens is 414 g/mol. The van der Waals surface area contributed by atoms with Gasteiger partial charge >= 0.3 is 0 Å². The Bertz CT molecular complexity index is 1050. The number of carbonyl (C=O) groups excluding carboxylic acids is 1. The number of nitrogens with one attached hydrogen (secondary N) is 1. The largest absolute Gasteiger partial charge is 0.494 e. The molecule has 2 aromatic carbocycles. The summed E-state index contributed by atoms with van der Waals surface area (Å²) in [5, 5.41) is 8.10. The van der Waals surface area contributed by atoms with Gasteiger partial charge in [-0.15, -0.1) is 0 Å². The van der Waals surface area contributed by atoms with Crippen molar-refractivity contribution in [3.8, 4) is 17.0 Å². The molecule has 2 heterocycles. The minimum Gasteiger partial charge on any atom is -0.494 e. The van der Waals surface area contributed by atoms with Gasteiger partial charge in [-0.2, -0.15) is 5.10 Å². The van der Waals surface area contributed by atoms with Crippen LogP contribution in [0, 0.1) is 0 Å². The molecule has 1 aliphatic heterocycles. The maximum Gasteiger partial charge on any atom is 0.273 e. The number of hydrogen-bond acceptors (Lipinski definition) is 4. The number of aromatic nitrogens is 2. The lowest BCUT2D eigenvalue weighted by Gasteiger charge is -2.26. The first-order chi connectivity index (χ1) is 15.1. The SMILES string of the molecule is CCCCOc1cccc(C2c3c(-c4ccc(Cl)cc4)n[nH]c3C(=O)N2CCOC)c1. The minimum absolute atomic E-state index is 0.0814. The predicted molar refractivity (Wildman–Crippen MR) is 121 cm³/mol. The molecule has 0 spiro atoms. The lowest BCUT2D eigenvalue weighted by atomic mass is 9.96. The van der Waals surface area contributed by atoms with Crippen molar-refractivity contribution in [3.63, 3.8) is 0 Å². The molecule has 3 aromatic rings. The molecule has 1 unspecified atom stereocenters. The Morgan fingerprint density at radius 1 is 1.16 bits per heavy atom. The second kappa shape index (κ2) is 9.54. The van der Waals surface area contributed by atoms with Crippen LogP contribution >= 0.6 is 11.6 Å². The van der Waals surface area contributed by atoms with Crippen molar-refractivity contribution in [2.24, 2.45) is 0 Å². The number of rotatable bonds is 9. The highest BCUT2D eigenvalue weighted by Gasteiger charge is 2.42. The summed E-state index contributed by atoms with van der Waals surface area (Å²) >= 11 is 6.07. The van der Waals surface area contributed by atoms with Crippen molar-refractivity contribution >= 4 is 17.5 Å². The van der Waals surface area contributed by atoms with E-state index in [0.29, 0.717) is 30.5 Å². The average molecular weight is 440 g/mol. The van der Waals surface area contributed by atoms with E-state index in [1.807, 2.05) is 53.4 Å². The zero-order valence-electron chi connectivity index (χ0n) is 17.7. The number of unbranched alkanes of at least 4 members (excludes halogenated alkanes) is 1. The number of methoxy groups -OCH3 is 1. The Balaban J connectivity index is 1.76. The van der Waals surface area contributed by atoms with Gasteiger partial charge in [-0.3, -0.25) is 9.89 Å². The van der Waals surface area contributed by atoms with Gasteiger partial charge in [0.05, 0.1) is 24.9 Å². The fraction of sp³-hybridized carbons (Fsp3) is 0.333. The van der Waals surface area contributed by atoms with Crippen LogP contribution in [0.3, 0.4) is 0 Å². The van der Waals surface area contributed by atoms with Crippen LogP contribution in [-0.4, -0.2) is 47.9 Å². The van der Waals surface area contributed by atoms with Gasteiger partial charge in [0, 0.05) is 29.8 Å². The number of H-pyrrole nitrogens is 1. The average Bonchev–Trinajstić information content (AvgIpc) is 3.32. The molecule has 0 bridgehead atoms. The molecule has 0 fully saturated rings. The number of benzene rings is 2. The summed E-state index contributed by atoms with van der Waals surface area (Å²) in [6.07, 6.45) is 2.07. The molecule has 0 radical (unpaired) electrons. The van der Waals surface area contributed by atoms with Crippen molar-refractivity contribution in [2.75, 3.05) is 26.9 Å². The van der Waals surface area contributed by atoms with Gasteiger partial charge in [-0.05, 0) is 36.2 Å². The van der Waals surface area contributed by atoms with Crippen molar-refractivity contribution in [1.29, 1.82) is 0 Å². The molecule has 0 aliphatic carbocycles. The standard InChI is InChI=1S/C24H26ClN3O3/c1-3-4-13-31-19-7-5-6-17(15-19)23-20-21(16-8-10-18(25)11-9-16)26-27-22(20)24(29)28(23)12-14-30-2/h5-11,15,23H,3-4,12-14H2,1-2H3,(H,26,27). The van der Waals surface area contributed by atoms with Gasteiger partial charge in [0.25, 0.3) is 5.91 Å². The normalized spacial score (nSPS) is 15.4. The van der Waals surface area contributed by atoms with E-state index < -0.39 is 0 Å². The van der Waals surface area contributed by atoms with E-state index in [9.17, 15) is 4.79 Å². The second-order valence-corrected chi connectivity index (χ2v) is 7.97. The maximum atomic E-state index is 13.2. The number of ether oxygens (including phenoxy) is 2. The third-order valence-corrected chi connectivity index (χ3v) is 5.71. The van der Waals surface area contributed by atoms with E-state index in [0.717, 1.165) is 41.0 Å². The van der Waals surface area contributed by atoms with Crippen molar-refractivity contribution < 1.29 is 14.3 Å². The monoisotopic (exact) mass is 439 g/mol. The Hall–Kier alpha value is -2.83. The van der Waals surface area contributed by atoms with Gasteiger partial charge in [0.2, 0.25) is 0 Å². The summed E-state index contributed by atoms with van der Waals surface area (Å²) < 4.78 is 11.2. The first-order valence-corrected chi connectivity index (χ1v) is 10.9. The Kier molecular flexibility index (Phi) is 6.59. The van der Waals surface area contributed by atoms with Crippen LogP contribution in [0.15, 0.2) is 48.5 Å². The van der Waals surface area contributed by atoms with Gasteiger partial charge in [-0.1, -0.05) is 49.2 Å². The Morgan fingerprint density at radius 3 is 2.71 bits per heavy atom. The smallest absolute Gasteiger partial charge is 0.273 e. The van der Waals surface area contributed by atoms with Crippen LogP contribution < -0.4 is 4.74 Å². The van der Waals surface area contributed by atoms with E-state index in [1.54, 1.807) is 7.11 Å². The summed E-state index contributed by atoms with van der Waals surface area (Å²) in [5.41, 5.74) is 4.03. The third kappa shape index (κ3) is 4.31. The number of aromatic amines is 1. The summed E-state index contributed by atoms with van der Waals surface area (Å²) in [6, 6.07) is 15.2. The second-order valence-electron chi connectivity index (χ2n) is 7.54. The summed E-state index contributed by atoms with van der Waals surface area (Å²) in [7, 11) is 1.64. The summed E-state index contributed by atoms with van der Waals surface area (Å²) in [6.45, 7) is 3.73. The molecule has 7 heteroatoms. The number of carbonyl (C=O) groups is 1. The van der Waals surface area contributed by atoms with E-state index in [2.05, 4.69) is 17.1 Å². The predicted octanol–water partition coefficient (Wildman–Crippen LogP) is 5.10. The molecular formula is C24H26ClN3O3. The van der Waals surface area contributed by atoms with Crippen LogP contribution in [0.2, 0.25) is 5.02 Å². The number of amides is 1. The molecule has 1 amide bonds. The van der Waals surface area contributed by atoms with E-state index in [-0.39, 0.29) is 11.9 Å². The quantitative estimate of drug-likeness (QED) is 0.471. The zero-order chi connectivity index (χ0) is 21.8.